The molecule has 0 saturated carbocycles. The third-order valence-corrected chi connectivity index (χ3v) is 3.34. The van der Waals surface area contributed by atoms with Gasteiger partial charge in [-0.2, -0.15) is 0 Å². The highest BCUT2D eigenvalue weighted by Gasteiger charge is 2.07. The van der Waals surface area contributed by atoms with Crippen molar-refractivity contribution in [2.75, 3.05) is 13.6 Å². The molecule has 0 fully saturated rings. The largest absolute Gasteiger partial charge is 0.360 e. The third-order valence-electron chi connectivity index (χ3n) is 3.34. The van der Waals surface area contributed by atoms with Gasteiger partial charge >= 0.3 is 0 Å². The minimum atomic E-state index is 0.772. The summed E-state index contributed by atoms with van der Waals surface area (Å²) in [6, 6.07) is 10.7. The molecule has 1 heterocycles. The van der Waals surface area contributed by atoms with E-state index in [0.717, 1.165) is 44.1 Å². The van der Waals surface area contributed by atoms with E-state index in [2.05, 4.69) is 60.5 Å². The second-order valence-corrected chi connectivity index (χ2v) is 5.62. The van der Waals surface area contributed by atoms with E-state index in [9.17, 15) is 0 Å². The molecule has 0 spiro atoms. The van der Waals surface area contributed by atoms with E-state index in [1.807, 2.05) is 6.07 Å². The fourth-order valence-corrected chi connectivity index (χ4v) is 2.23. The number of aromatic nitrogens is 1. The van der Waals surface area contributed by atoms with Crippen LogP contribution in [-0.2, 0) is 19.6 Å². The fourth-order valence-electron chi connectivity index (χ4n) is 2.23. The summed E-state index contributed by atoms with van der Waals surface area (Å²) < 4.78 is 5.39. The highest BCUT2D eigenvalue weighted by molar-refractivity contribution is 5.21. The van der Waals surface area contributed by atoms with Crippen molar-refractivity contribution < 1.29 is 4.52 Å². The first-order valence-corrected chi connectivity index (χ1v) is 7.56. The van der Waals surface area contributed by atoms with Crippen LogP contribution in [0.25, 0.3) is 0 Å². The number of nitrogens with zero attached hydrogens (tertiary/aromatic N) is 2. The molecular formula is C17H25N3O. The van der Waals surface area contributed by atoms with Gasteiger partial charge in [0.2, 0.25) is 0 Å². The molecule has 4 nitrogen and oxygen atoms in total. The van der Waals surface area contributed by atoms with Crippen LogP contribution in [0.3, 0.4) is 0 Å². The van der Waals surface area contributed by atoms with E-state index in [1.54, 1.807) is 0 Å². The predicted molar refractivity (Wildman–Crippen MR) is 84.9 cm³/mol. The van der Waals surface area contributed by atoms with Gasteiger partial charge in [-0.15, -0.1) is 0 Å². The van der Waals surface area contributed by atoms with Crippen molar-refractivity contribution in [1.82, 2.24) is 15.4 Å². The van der Waals surface area contributed by atoms with Gasteiger partial charge < -0.3 is 9.84 Å². The number of benzene rings is 1. The van der Waals surface area contributed by atoms with E-state index in [1.165, 1.54) is 11.1 Å². The summed E-state index contributed by atoms with van der Waals surface area (Å²) in [5, 5.41) is 7.42. The van der Waals surface area contributed by atoms with E-state index in [0.29, 0.717) is 0 Å². The van der Waals surface area contributed by atoms with E-state index < -0.39 is 0 Å². The number of nitrogens with one attached hydrogen (secondary N) is 1. The molecule has 2 aromatic rings. The molecule has 114 valence electrons. The SMILES string of the molecule is CCCNCc1cc(CN(C)Cc2ccc(C)cc2)on1. The zero-order chi connectivity index (χ0) is 15.1. The van der Waals surface area contributed by atoms with Crippen LogP contribution in [0.5, 0.6) is 0 Å². The molecule has 1 aromatic heterocycles. The van der Waals surface area contributed by atoms with Crippen molar-refractivity contribution in [3.63, 3.8) is 0 Å². The van der Waals surface area contributed by atoms with E-state index in [4.69, 9.17) is 4.52 Å². The monoisotopic (exact) mass is 287 g/mol. The van der Waals surface area contributed by atoms with Crippen molar-refractivity contribution in [1.29, 1.82) is 0 Å². The molecule has 1 N–H and O–H groups in total. The summed E-state index contributed by atoms with van der Waals surface area (Å²) in [6.07, 6.45) is 1.13. The number of hydrogen-bond donors (Lipinski definition) is 1. The molecule has 0 aliphatic rings. The van der Waals surface area contributed by atoms with Crippen molar-refractivity contribution >= 4 is 0 Å². The number of aryl methyl sites for hydroxylation is 1. The Morgan fingerprint density at radius 2 is 1.95 bits per heavy atom. The van der Waals surface area contributed by atoms with Crippen molar-refractivity contribution in [3.8, 4) is 0 Å². The Hall–Kier alpha value is -1.65. The van der Waals surface area contributed by atoms with E-state index in [-0.39, 0.29) is 0 Å². The van der Waals surface area contributed by atoms with Crippen LogP contribution in [-0.4, -0.2) is 23.6 Å². The second-order valence-electron chi connectivity index (χ2n) is 5.62. The Balaban J connectivity index is 1.82. The Labute approximate surface area is 127 Å². The fraction of sp³-hybridized carbons (Fsp3) is 0.471. The molecule has 0 unspecified atom stereocenters. The van der Waals surface area contributed by atoms with Gasteiger partial charge in [0.15, 0.2) is 5.76 Å². The van der Waals surface area contributed by atoms with Crippen molar-refractivity contribution in [3.05, 3.63) is 52.9 Å². The maximum Gasteiger partial charge on any atom is 0.151 e. The first-order chi connectivity index (χ1) is 10.2. The van der Waals surface area contributed by atoms with Gasteiger partial charge in [-0.1, -0.05) is 41.9 Å². The summed E-state index contributed by atoms with van der Waals surface area (Å²) in [5.41, 5.74) is 3.58. The van der Waals surface area contributed by atoms with Gasteiger partial charge in [-0.25, -0.2) is 0 Å². The van der Waals surface area contributed by atoms with Gasteiger partial charge in [0.1, 0.15) is 0 Å². The Morgan fingerprint density at radius 3 is 2.67 bits per heavy atom. The van der Waals surface area contributed by atoms with Crippen LogP contribution in [0, 0.1) is 6.92 Å². The topological polar surface area (TPSA) is 41.3 Å². The standard InChI is InChI=1S/C17H25N3O/c1-4-9-18-11-16-10-17(21-19-16)13-20(3)12-15-7-5-14(2)6-8-15/h5-8,10,18H,4,9,11-13H2,1-3H3. The zero-order valence-corrected chi connectivity index (χ0v) is 13.2. The van der Waals surface area contributed by atoms with Gasteiger partial charge in [-0.05, 0) is 32.5 Å². The molecule has 0 bridgehead atoms. The lowest BCUT2D eigenvalue weighted by Gasteiger charge is -2.14. The highest BCUT2D eigenvalue weighted by atomic mass is 16.5. The smallest absolute Gasteiger partial charge is 0.151 e. The van der Waals surface area contributed by atoms with E-state index >= 15 is 0 Å². The molecule has 0 saturated heterocycles. The molecule has 0 radical (unpaired) electrons. The third kappa shape index (κ3) is 5.33. The number of rotatable bonds is 8. The molecule has 0 atom stereocenters. The first-order valence-electron chi connectivity index (χ1n) is 7.56. The summed E-state index contributed by atoms with van der Waals surface area (Å²) in [4.78, 5) is 2.23. The van der Waals surface area contributed by atoms with Crippen LogP contribution in [0.15, 0.2) is 34.9 Å². The zero-order valence-electron chi connectivity index (χ0n) is 13.2. The molecule has 4 heteroatoms. The minimum Gasteiger partial charge on any atom is -0.360 e. The second kappa shape index (κ2) is 7.96. The van der Waals surface area contributed by atoms with Crippen LogP contribution in [0.2, 0.25) is 0 Å². The Kier molecular flexibility index (Phi) is 5.96. The molecule has 0 aliphatic carbocycles. The molecule has 2 rings (SSSR count). The maximum atomic E-state index is 5.39. The van der Waals surface area contributed by atoms with Gasteiger partial charge in [0.05, 0.1) is 12.2 Å². The lowest BCUT2D eigenvalue weighted by atomic mass is 10.1. The normalized spacial score (nSPS) is 11.2. The average molecular weight is 287 g/mol. The molecule has 0 aliphatic heterocycles. The summed E-state index contributed by atoms with van der Waals surface area (Å²) in [6.45, 7) is 7.73. The lowest BCUT2D eigenvalue weighted by molar-refractivity contribution is 0.265. The summed E-state index contributed by atoms with van der Waals surface area (Å²) in [7, 11) is 2.09. The molecular weight excluding hydrogens is 262 g/mol. The van der Waals surface area contributed by atoms with Crippen LogP contribution in [0.1, 0.15) is 35.9 Å². The predicted octanol–water partition coefficient (Wildman–Crippen LogP) is 3.11. The minimum absolute atomic E-state index is 0.772. The summed E-state index contributed by atoms with van der Waals surface area (Å²) >= 11 is 0. The lowest BCUT2D eigenvalue weighted by Crippen LogP contribution is -2.17. The van der Waals surface area contributed by atoms with Crippen LogP contribution >= 0.6 is 0 Å². The van der Waals surface area contributed by atoms with Gasteiger partial charge in [-0.3, -0.25) is 4.90 Å². The van der Waals surface area contributed by atoms with Crippen molar-refractivity contribution in [2.24, 2.45) is 0 Å². The molecule has 0 amide bonds. The van der Waals surface area contributed by atoms with Crippen LogP contribution < -0.4 is 5.32 Å². The van der Waals surface area contributed by atoms with Gasteiger partial charge in [0, 0.05) is 19.2 Å². The quantitative estimate of drug-likeness (QED) is 0.757. The number of hydrogen-bond acceptors (Lipinski definition) is 4. The van der Waals surface area contributed by atoms with Crippen molar-refractivity contribution in [2.45, 2.75) is 39.9 Å². The highest BCUT2D eigenvalue weighted by Crippen LogP contribution is 2.10. The average Bonchev–Trinajstić information content (AvgIpc) is 2.89. The van der Waals surface area contributed by atoms with Crippen LogP contribution in [0.4, 0.5) is 0 Å². The summed E-state index contributed by atoms with van der Waals surface area (Å²) in [5.74, 6) is 0.915. The molecule has 1 aromatic carbocycles. The van der Waals surface area contributed by atoms with Gasteiger partial charge in [0.25, 0.3) is 0 Å². The maximum absolute atomic E-state index is 5.39. The first kappa shape index (κ1) is 15.7. The Bertz CT molecular complexity index is 533. The Morgan fingerprint density at radius 1 is 1.19 bits per heavy atom. The molecule has 21 heavy (non-hydrogen) atoms.